The molecule has 0 fully saturated rings. The summed E-state index contributed by atoms with van der Waals surface area (Å²) in [5.41, 5.74) is 3.92. The maximum absolute atomic E-state index is 13.5. The van der Waals surface area contributed by atoms with Gasteiger partial charge >= 0.3 is 0 Å². The van der Waals surface area contributed by atoms with E-state index in [1.807, 2.05) is 79.7 Å². The van der Waals surface area contributed by atoms with Crippen molar-refractivity contribution in [3.8, 4) is 0 Å². The summed E-state index contributed by atoms with van der Waals surface area (Å²) in [4.78, 5) is 0.253. The number of sulfonamides is 1. The highest BCUT2D eigenvalue weighted by Gasteiger charge is 2.23. The molecule has 0 spiro atoms. The van der Waals surface area contributed by atoms with Crippen LogP contribution in [0, 0.1) is 6.92 Å². The van der Waals surface area contributed by atoms with Crippen molar-refractivity contribution in [1.29, 1.82) is 0 Å². The average molecular weight is 510 g/mol. The fourth-order valence-corrected chi connectivity index (χ4v) is 5.17. The first-order chi connectivity index (χ1) is 15.4. The number of benzene rings is 3. The molecule has 1 heterocycles. The maximum atomic E-state index is 13.5. The van der Waals surface area contributed by atoms with Gasteiger partial charge < -0.3 is 4.74 Å². The van der Waals surface area contributed by atoms with Crippen LogP contribution >= 0.6 is 15.9 Å². The molecule has 0 saturated heterocycles. The van der Waals surface area contributed by atoms with Crippen LogP contribution in [-0.2, 0) is 14.8 Å². The van der Waals surface area contributed by atoms with E-state index in [9.17, 15) is 8.42 Å². The molecule has 3 aromatic carbocycles. The zero-order valence-corrected chi connectivity index (χ0v) is 20.1. The minimum atomic E-state index is -3.77. The van der Waals surface area contributed by atoms with E-state index in [1.54, 1.807) is 18.3 Å². The quantitative estimate of drug-likeness (QED) is 0.417. The second kappa shape index (κ2) is 9.76. The van der Waals surface area contributed by atoms with E-state index >= 15 is 0 Å². The molecule has 4 nitrogen and oxygen atoms in total. The summed E-state index contributed by atoms with van der Waals surface area (Å²) in [5, 5.41) is 0. The van der Waals surface area contributed by atoms with Crippen LogP contribution in [0.3, 0.4) is 0 Å². The molecule has 164 valence electrons. The maximum Gasteiger partial charge on any atom is 0.264 e. The zero-order valence-electron chi connectivity index (χ0n) is 17.7. The molecule has 1 aliphatic rings. The summed E-state index contributed by atoms with van der Waals surface area (Å²) >= 11 is 3.52. The van der Waals surface area contributed by atoms with Gasteiger partial charge in [0.05, 0.1) is 24.2 Å². The fourth-order valence-electron chi connectivity index (χ4n) is 3.52. The largest absolute Gasteiger partial charge is 0.491 e. The Morgan fingerprint density at radius 1 is 0.906 bits per heavy atom. The lowest BCUT2D eigenvalue weighted by Gasteiger charge is -2.21. The topological polar surface area (TPSA) is 46.6 Å². The first-order valence-electron chi connectivity index (χ1n) is 10.4. The normalized spacial score (nSPS) is 18.2. The van der Waals surface area contributed by atoms with Crippen molar-refractivity contribution < 1.29 is 13.2 Å². The second-order valence-corrected chi connectivity index (χ2v) is 10.4. The Labute approximate surface area is 198 Å². The van der Waals surface area contributed by atoms with Crippen molar-refractivity contribution in [1.82, 2.24) is 4.31 Å². The predicted octanol–water partition coefficient (Wildman–Crippen LogP) is 6.25. The van der Waals surface area contributed by atoms with Crippen molar-refractivity contribution in [2.75, 3.05) is 13.2 Å². The molecule has 3 aromatic rings. The van der Waals surface area contributed by atoms with Crippen molar-refractivity contribution in [3.63, 3.8) is 0 Å². The molecule has 0 radical (unpaired) electrons. The minimum absolute atomic E-state index is 0.206. The molecule has 0 aliphatic carbocycles. The summed E-state index contributed by atoms with van der Waals surface area (Å²) in [7, 11) is -3.77. The molecule has 6 heteroatoms. The number of nitrogens with zero attached hydrogens (tertiary/aromatic N) is 1. The molecule has 0 aromatic heterocycles. The van der Waals surface area contributed by atoms with Gasteiger partial charge in [-0.05, 0) is 42.3 Å². The Hall–Kier alpha value is -2.83. The molecule has 0 atom stereocenters. The van der Waals surface area contributed by atoms with E-state index in [2.05, 4.69) is 15.9 Å². The summed E-state index contributed by atoms with van der Waals surface area (Å²) < 4.78 is 35.5. The van der Waals surface area contributed by atoms with Crippen LogP contribution in [0.25, 0.3) is 11.3 Å². The molecule has 0 saturated carbocycles. The van der Waals surface area contributed by atoms with Crippen LogP contribution in [0.5, 0.6) is 0 Å². The SMILES string of the molecule is Cc1ccc(S(=O)(=O)N2/C=C(/c3ccccc3)OCC/C(c3cccc(Br)c3)=C\C2)cc1. The lowest BCUT2D eigenvalue weighted by molar-refractivity contribution is 0.283. The Morgan fingerprint density at radius 2 is 1.62 bits per heavy atom. The Bertz CT molecular complexity index is 1250. The fraction of sp³-hybridized carbons (Fsp3) is 0.154. The first kappa shape index (κ1) is 22.4. The highest BCUT2D eigenvalue weighted by atomic mass is 79.9. The number of hydrogen-bond donors (Lipinski definition) is 0. The summed E-state index contributed by atoms with van der Waals surface area (Å²) in [6.45, 7) is 2.58. The Morgan fingerprint density at radius 3 is 2.34 bits per heavy atom. The van der Waals surface area contributed by atoms with Gasteiger partial charge in [-0.25, -0.2) is 8.42 Å². The molecular weight excluding hydrogens is 486 g/mol. The lowest BCUT2D eigenvalue weighted by Crippen LogP contribution is -2.27. The minimum Gasteiger partial charge on any atom is -0.491 e. The summed E-state index contributed by atoms with van der Waals surface area (Å²) in [6.07, 6.45) is 4.24. The zero-order chi connectivity index (χ0) is 22.6. The van der Waals surface area contributed by atoms with Gasteiger partial charge in [0.25, 0.3) is 10.0 Å². The van der Waals surface area contributed by atoms with E-state index in [-0.39, 0.29) is 11.4 Å². The van der Waals surface area contributed by atoms with Gasteiger partial charge in [-0.15, -0.1) is 0 Å². The number of hydrogen-bond acceptors (Lipinski definition) is 3. The van der Waals surface area contributed by atoms with Gasteiger partial charge in [0.2, 0.25) is 0 Å². The van der Waals surface area contributed by atoms with Crippen LogP contribution < -0.4 is 0 Å². The van der Waals surface area contributed by atoms with E-state index in [1.165, 1.54) is 4.31 Å². The van der Waals surface area contributed by atoms with Crippen molar-refractivity contribution in [3.05, 3.63) is 112 Å². The molecule has 0 unspecified atom stereocenters. The molecule has 0 bridgehead atoms. The molecule has 0 N–H and O–H groups in total. The van der Waals surface area contributed by atoms with E-state index in [0.717, 1.165) is 26.7 Å². The van der Waals surface area contributed by atoms with Crippen molar-refractivity contribution in [2.45, 2.75) is 18.2 Å². The molecule has 1 aliphatic heterocycles. The molecule has 0 amide bonds. The lowest BCUT2D eigenvalue weighted by atomic mass is 10.0. The average Bonchev–Trinajstić information content (AvgIpc) is 2.91. The van der Waals surface area contributed by atoms with Crippen molar-refractivity contribution in [2.24, 2.45) is 0 Å². The van der Waals surface area contributed by atoms with Gasteiger partial charge in [0.1, 0.15) is 5.76 Å². The first-order valence-corrected chi connectivity index (χ1v) is 12.6. The molecular formula is C26H24BrNO3S. The van der Waals surface area contributed by atoms with E-state index in [4.69, 9.17) is 4.74 Å². The highest BCUT2D eigenvalue weighted by molar-refractivity contribution is 9.10. The number of rotatable bonds is 4. The summed E-state index contributed by atoms with van der Waals surface area (Å²) in [6, 6.07) is 24.5. The van der Waals surface area contributed by atoms with E-state index in [0.29, 0.717) is 18.8 Å². The number of aryl methyl sites for hydroxylation is 1. The van der Waals surface area contributed by atoms with Crippen LogP contribution in [-0.4, -0.2) is 25.9 Å². The highest BCUT2D eigenvalue weighted by Crippen LogP contribution is 2.28. The predicted molar refractivity (Wildman–Crippen MR) is 132 cm³/mol. The third kappa shape index (κ3) is 5.14. The monoisotopic (exact) mass is 509 g/mol. The van der Waals surface area contributed by atoms with Crippen LogP contribution in [0.1, 0.15) is 23.1 Å². The molecule has 32 heavy (non-hydrogen) atoms. The Balaban J connectivity index is 1.77. The van der Waals surface area contributed by atoms with Gasteiger partial charge in [0.15, 0.2) is 0 Å². The van der Waals surface area contributed by atoms with Gasteiger partial charge in [-0.3, -0.25) is 4.31 Å². The van der Waals surface area contributed by atoms with Gasteiger partial charge in [-0.2, -0.15) is 0 Å². The third-order valence-corrected chi connectivity index (χ3v) is 7.52. The summed E-state index contributed by atoms with van der Waals surface area (Å²) in [5.74, 6) is 0.533. The van der Waals surface area contributed by atoms with Gasteiger partial charge in [0, 0.05) is 16.5 Å². The third-order valence-electron chi connectivity index (χ3n) is 5.29. The van der Waals surface area contributed by atoms with E-state index < -0.39 is 10.0 Å². The second-order valence-electron chi connectivity index (χ2n) is 7.59. The smallest absolute Gasteiger partial charge is 0.264 e. The van der Waals surface area contributed by atoms with Crippen LogP contribution in [0.4, 0.5) is 0 Å². The molecule has 4 rings (SSSR count). The number of halogens is 1. The van der Waals surface area contributed by atoms with Crippen LogP contribution in [0.15, 0.2) is 101 Å². The number of ether oxygens (including phenoxy) is 1. The standard InChI is InChI=1S/C26H24BrNO3S/c1-20-10-12-25(13-11-20)32(29,30)28-16-14-21(23-8-5-9-24(27)18-23)15-17-31-26(19-28)22-6-3-2-4-7-22/h2-14,18-19H,15-17H2,1H3/b21-14+,26-19-. The van der Waals surface area contributed by atoms with Gasteiger partial charge in [-0.1, -0.05) is 82.2 Å². The van der Waals surface area contributed by atoms with Crippen LogP contribution in [0.2, 0.25) is 0 Å². The Kier molecular flexibility index (Phi) is 6.82. The van der Waals surface area contributed by atoms with Crippen molar-refractivity contribution >= 4 is 37.3 Å².